The number of ether oxygens (including phenoxy) is 2. The van der Waals surface area contributed by atoms with Gasteiger partial charge in [-0.15, -0.1) is 5.10 Å². The number of aldehydes is 1. The number of aromatic nitrogens is 3. The highest BCUT2D eigenvalue weighted by atomic mass is 16.5. The van der Waals surface area contributed by atoms with E-state index in [9.17, 15) is 4.79 Å². The molecule has 0 aliphatic rings. The maximum Gasteiger partial charge on any atom is 0.172 e. The van der Waals surface area contributed by atoms with E-state index < -0.39 is 0 Å². The van der Waals surface area contributed by atoms with E-state index >= 15 is 0 Å². The molecule has 0 aliphatic carbocycles. The zero-order valence-electron chi connectivity index (χ0n) is 12.5. The highest BCUT2D eigenvalue weighted by Gasteiger charge is 2.15. The van der Waals surface area contributed by atoms with E-state index in [2.05, 4.69) is 10.3 Å². The molecule has 0 fully saturated rings. The molecule has 23 heavy (non-hydrogen) atoms. The number of nitrogens with zero attached hydrogens (tertiary/aromatic N) is 3. The van der Waals surface area contributed by atoms with Gasteiger partial charge in [0.05, 0.1) is 12.8 Å². The summed E-state index contributed by atoms with van der Waals surface area (Å²) in [4.78, 5) is 11.2. The Morgan fingerprint density at radius 1 is 1.04 bits per heavy atom. The molecule has 3 aromatic rings. The van der Waals surface area contributed by atoms with Crippen molar-refractivity contribution in [2.45, 2.75) is 6.61 Å². The first kappa shape index (κ1) is 14.8. The number of benzene rings is 2. The Balaban J connectivity index is 1.90. The van der Waals surface area contributed by atoms with Gasteiger partial charge in [-0.2, -0.15) is 0 Å². The second kappa shape index (κ2) is 6.74. The molecule has 0 N–H and O–H groups in total. The minimum atomic E-state index is 0.149. The summed E-state index contributed by atoms with van der Waals surface area (Å²) in [6.07, 6.45) is 0.674. The Hall–Kier alpha value is -3.15. The predicted molar refractivity (Wildman–Crippen MR) is 84.1 cm³/mol. The third kappa shape index (κ3) is 3.06. The van der Waals surface area contributed by atoms with Crippen molar-refractivity contribution in [2.24, 2.45) is 0 Å². The number of hydrogen-bond acceptors (Lipinski definition) is 5. The van der Waals surface area contributed by atoms with Crippen molar-refractivity contribution in [2.75, 3.05) is 7.11 Å². The molecule has 116 valence electrons. The molecule has 2 aromatic carbocycles. The molecule has 0 unspecified atom stereocenters. The second-order valence-electron chi connectivity index (χ2n) is 4.73. The average molecular weight is 309 g/mol. The van der Waals surface area contributed by atoms with E-state index in [1.807, 2.05) is 48.5 Å². The maximum atomic E-state index is 11.2. The number of rotatable bonds is 6. The Bertz CT molecular complexity index is 800. The minimum absolute atomic E-state index is 0.149. The molecule has 0 saturated carbocycles. The molecule has 6 nitrogen and oxygen atoms in total. The van der Waals surface area contributed by atoms with Crippen LogP contribution in [0.5, 0.6) is 11.5 Å². The van der Waals surface area contributed by atoms with Gasteiger partial charge in [-0.3, -0.25) is 4.79 Å². The monoisotopic (exact) mass is 309 g/mol. The lowest BCUT2D eigenvalue weighted by Gasteiger charge is -2.11. The van der Waals surface area contributed by atoms with E-state index in [1.54, 1.807) is 17.9 Å². The normalized spacial score (nSPS) is 10.3. The fraction of sp³-hybridized carbons (Fsp3) is 0.118. The first-order valence-electron chi connectivity index (χ1n) is 7.04. The molecule has 0 saturated heterocycles. The summed E-state index contributed by atoms with van der Waals surface area (Å²) in [5.74, 6) is 1.21. The van der Waals surface area contributed by atoms with Gasteiger partial charge in [0.15, 0.2) is 23.5 Å². The van der Waals surface area contributed by atoms with Crippen LogP contribution in [0.1, 0.15) is 16.2 Å². The lowest BCUT2D eigenvalue weighted by atomic mass is 10.3. The van der Waals surface area contributed by atoms with Gasteiger partial charge in [-0.1, -0.05) is 35.5 Å². The Morgan fingerprint density at radius 2 is 1.74 bits per heavy atom. The number of carbonyl (C=O) groups is 1. The van der Waals surface area contributed by atoms with Gasteiger partial charge >= 0.3 is 0 Å². The first-order valence-corrected chi connectivity index (χ1v) is 7.04. The standard InChI is InChI=1S/C17H15N3O3/c1-22-16-9-5-6-10-17(16)23-12-15-14(11-21)18-19-20(15)13-7-3-2-4-8-13/h2-11H,12H2,1H3. The van der Waals surface area contributed by atoms with E-state index in [0.29, 0.717) is 23.5 Å². The highest BCUT2D eigenvalue weighted by molar-refractivity contribution is 5.73. The molecule has 1 heterocycles. The summed E-state index contributed by atoms with van der Waals surface area (Å²) in [5.41, 5.74) is 1.65. The van der Waals surface area contributed by atoms with Crippen molar-refractivity contribution in [3.8, 4) is 17.2 Å². The topological polar surface area (TPSA) is 66.2 Å². The van der Waals surface area contributed by atoms with Crippen molar-refractivity contribution < 1.29 is 14.3 Å². The summed E-state index contributed by atoms with van der Waals surface area (Å²) in [7, 11) is 1.58. The van der Waals surface area contributed by atoms with Gasteiger partial charge < -0.3 is 9.47 Å². The molecule has 3 rings (SSSR count). The molecular weight excluding hydrogens is 294 g/mol. The Morgan fingerprint density at radius 3 is 2.43 bits per heavy atom. The van der Waals surface area contributed by atoms with Crippen LogP contribution in [0.15, 0.2) is 54.6 Å². The molecule has 6 heteroatoms. The average Bonchev–Trinajstić information content (AvgIpc) is 3.03. The summed E-state index contributed by atoms with van der Waals surface area (Å²) in [6.45, 7) is 0.149. The van der Waals surface area contributed by atoms with Crippen LogP contribution in [0.2, 0.25) is 0 Å². The lowest BCUT2D eigenvalue weighted by Crippen LogP contribution is -2.08. The van der Waals surface area contributed by atoms with E-state index in [4.69, 9.17) is 9.47 Å². The van der Waals surface area contributed by atoms with Crippen LogP contribution < -0.4 is 9.47 Å². The van der Waals surface area contributed by atoms with Crippen LogP contribution in [0.4, 0.5) is 0 Å². The highest BCUT2D eigenvalue weighted by Crippen LogP contribution is 2.27. The lowest BCUT2D eigenvalue weighted by molar-refractivity contribution is 0.111. The molecule has 0 radical (unpaired) electrons. The Kier molecular flexibility index (Phi) is 4.33. The molecule has 1 aromatic heterocycles. The van der Waals surface area contributed by atoms with E-state index in [1.165, 1.54) is 0 Å². The predicted octanol–water partition coefficient (Wildman–Crippen LogP) is 2.67. The zero-order valence-corrected chi connectivity index (χ0v) is 12.5. The molecule has 0 spiro atoms. The largest absolute Gasteiger partial charge is 0.493 e. The quantitative estimate of drug-likeness (QED) is 0.655. The SMILES string of the molecule is COc1ccccc1OCc1c(C=O)nnn1-c1ccccc1. The molecule has 0 aliphatic heterocycles. The number of methoxy groups -OCH3 is 1. The van der Waals surface area contributed by atoms with Gasteiger partial charge in [0.1, 0.15) is 12.3 Å². The number of para-hydroxylation sites is 3. The summed E-state index contributed by atoms with van der Waals surface area (Å²) >= 11 is 0. The van der Waals surface area contributed by atoms with E-state index in [-0.39, 0.29) is 12.3 Å². The van der Waals surface area contributed by atoms with Crippen molar-refractivity contribution in [1.29, 1.82) is 0 Å². The number of carbonyl (C=O) groups excluding carboxylic acids is 1. The first-order chi connectivity index (χ1) is 11.3. The van der Waals surface area contributed by atoms with Crippen LogP contribution >= 0.6 is 0 Å². The van der Waals surface area contributed by atoms with Crippen LogP contribution in [-0.4, -0.2) is 28.4 Å². The summed E-state index contributed by atoms with van der Waals surface area (Å²) in [6, 6.07) is 16.8. The molecule has 0 atom stereocenters. The van der Waals surface area contributed by atoms with Crippen LogP contribution in [0, 0.1) is 0 Å². The van der Waals surface area contributed by atoms with Gasteiger partial charge in [0.2, 0.25) is 0 Å². The van der Waals surface area contributed by atoms with Gasteiger partial charge in [0, 0.05) is 0 Å². The minimum Gasteiger partial charge on any atom is -0.493 e. The molecule has 0 bridgehead atoms. The van der Waals surface area contributed by atoms with E-state index in [0.717, 1.165) is 5.69 Å². The summed E-state index contributed by atoms with van der Waals surface area (Å²) in [5, 5.41) is 7.94. The van der Waals surface area contributed by atoms with Crippen LogP contribution in [-0.2, 0) is 6.61 Å². The third-order valence-corrected chi connectivity index (χ3v) is 3.34. The van der Waals surface area contributed by atoms with Crippen molar-refractivity contribution in [1.82, 2.24) is 15.0 Å². The Labute approximate surface area is 133 Å². The zero-order chi connectivity index (χ0) is 16.1. The van der Waals surface area contributed by atoms with Crippen molar-refractivity contribution in [3.63, 3.8) is 0 Å². The van der Waals surface area contributed by atoms with Gasteiger partial charge in [0.25, 0.3) is 0 Å². The van der Waals surface area contributed by atoms with Crippen LogP contribution in [0.3, 0.4) is 0 Å². The fourth-order valence-electron chi connectivity index (χ4n) is 2.20. The van der Waals surface area contributed by atoms with Crippen molar-refractivity contribution in [3.05, 3.63) is 66.0 Å². The number of hydrogen-bond donors (Lipinski definition) is 0. The molecule has 0 amide bonds. The maximum absolute atomic E-state index is 11.2. The fourth-order valence-corrected chi connectivity index (χ4v) is 2.20. The van der Waals surface area contributed by atoms with Gasteiger partial charge in [-0.05, 0) is 24.3 Å². The summed E-state index contributed by atoms with van der Waals surface area (Å²) < 4.78 is 12.6. The van der Waals surface area contributed by atoms with Crippen molar-refractivity contribution >= 4 is 6.29 Å². The smallest absolute Gasteiger partial charge is 0.172 e. The third-order valence-electron chi connectivity index (χ3n) is 3.34. The second-order valence-corrected chi connectivity index (χ2v) is 4.73. The van der Waals surface area contributed by atoms with Gasteiger partial charge in [-0.25, -0.2) is 4.68 Å². The molecular formula is C17H15N3O3. The van der Waals surface area contributed by atoms with Crippen LogP contribution in [0.25, 0.3) is 5.69 Å².